The first kappa shape index (κ1) is 12.3. The molecule has 0 aliphatic carbocycles. The maximum Gasteiger partial charge on any atom is 0.327 e. The summed E-state index contributed by atoms with van der Waals surface area (Å²) in [6, 6.07) is 1.49. The van der Waals surface area contributed by atoms with Gasteiger partial charge in [0.1, 0.15) is 6.04 Å². The minimum Gasteiger partial charge on any atom is -0.467 e. The van der Waals surface area contributed by atoms with Crippen molar-refractivity contribution >= 4 is 17.3 Å². The Bertz CT molecular complexity index is 366. The van der Waals surface area contributed by atoms with Crippen LogP contribution in [0.4, 0.5) is 11.4 Å². The zero-order valence-corrected chi connectivity index (χ0v) is 10.0. The topological polar surface area (TPSA) is 54.5 Å². The molecule has 0 aliphatic rings. The minimum atomic E-state index is -0.395. The molecule has 0 radical (unpaired) electrons. The van der Waals surface area contributed by atoms with Gasteiger partial charge < -0.3 is 15.0 Å². The van der Waals surface area contributed by atoms with Gasteiger partial charge in [-0.2, -0.15) is 0 Å². The third-order valence-electron chi connectivity index (χ3n) is 2.21. The number of ether oxygens (including phenoxy) is 1. The van der Waals surface area contributed by atoms with E-state index in [1.807, 2.05) is 25.1 Å². The number of nitrogens with zero attached hydrogens (tertiary/aromatic N) is 2. The SMILES string of the molecule is COC(=O)C(C)Nc1cnccc1N(C)C. The summed E-state index contributed by atoms with van der Waals surface area (Å²) in [5.41, 5.74) is 1.79. The molecule has 1 heterocycles. The molecule has 0 amide bonds. The van der Waals surface area contributed by atoms with Crippen molar-refractivity contribution in [2.24, 2.45) is 0 Å². The van der Waals surface area contributed by atoms with Crippen LogP contribution in [0.3, 0.4) is 0 Å². The number of carbonyl (C=O) groups is 1. The second kappa shape index (κ2) is 5.34. The normalized spacial score (nSPS) is 11.8. The number of hydrogen-bond acceptors (Lipinski definition) is 5. The first-order chi connectivity index (χ1) is 7.56. The van der Waals surface area contributed by atoms with Crippen LogP contribution in [0.25, 0.3) is 0 Å². The highest BCUT2D eigenvalue weighted by Gasteiger charge is 2.14. The summed E-state index contributed by atoms with van der Waals surface area (Å²) in [6.07, 6.45) is 3.40. The van der Waals surface area contributed by atoms with E-state index in [1.54, 1.807) is 19.3 Å². The molecule has 1 unspecified atom stereocenters. The minimum absolute atomic E-state index is 0.298. The lowest BCUT2D eigenvalue weighted by Crippen LogP contribution is -2.28. The predicted molar refractivity (Wildman–Crippen MR) is 63.7 cm³/mol. The van der Waals surface area contributed by atoms with Gasteiger partial charge in [-0.3, -0.25) is 4.98 Å². The van der Waals surface area contributed by atoms with Crippen LogP contribution >= 0.6 is 0 Å². The molecule has 1 N–H and O–H groups in total. The largest absolute Gasteiger partial charge is 0.467 e. The van der Waals surface area contributed by atoms with Gasteiger partial charge in [0.25, 0.3) is 0 Å². The Morgan fingerprint density at radius 3 is 2.81 bits per heavy atom. The van der Waals surface area contributed by atoms with Crippen molar-refractivity contribution in [1.29, 1.82) is 0 Å². The fourth-order valence-corrected chi connectivity index (χ4v) is 1.36. The summed E-state index contributed by atoms with van der Waals surface area (Å²) < 4.78 is 4.65. The van der Waals surface area contributed by atoms with Gasteiger partial charge in [0.15, 0.2) is 0 Å². The molecule has 16 heavy (non-hydrogen) atoms. The Kier molecular flexibility index (Phi) is 4.10. The van der Waals surface area contributed by atoms with Gasteiger partial charge >= 0.3 is 5.97 Å². The average Bonchev–Trinajstić information content (AvgIpc) is 2.28. The zero-order chi connectivity index (χ0) is 12.1. The maximum atomic E-state index is 11.3. The summed E-state index contributed by atoms with van der Waals surface area (Å²) in [6.45, 7) is 1.75. The fourth-order valence-electron chi connectivity index (χ4n) is 1.36. The highest BCUT2D eigenvalue weighted by atomic mass is 16.5. The average molecular weight is 223 g/mol. The van der Waals surface area contributed by atoms with Crippen LogP contribution in [-0.2, 0) is 9.53 Å². The van der Waals surface area contributed by atoms with E-state index in [1.165, 1.54) is 7.11 Å². The Labute approximate surface area is 95.4 Å². The predicted octanol–water partition coefficient (Wildman–Crippen LogP) is 1.12. The molecule has 0 fully saturated rings. The molecule has 0 aromatic carbocycles. The number of hydrogen-bond donors (Lipinski definition) is 1. The highest BCUT2D eigenvalue weighted by Crippen LogP contribution is 2.22. The lowest BCUT2D eigenvalue weighted by atomic mass is 10.2. The molecule has 0 saturated heterocycles. The van der Waals surface area contributed by atoms with E-state index in [9.17, 15) is 4.79 Å². The first-order valence-corrected chi connectivity index (χ1v) is 5.02. The number of methoxy groups -OCH3 is 1. The Hall–Kier alpha value is -1.78. The molecule has 1 aromatic rings. The highest BCUT2D eigenvalue weighted by molar-refractivity contribution is 5.81. The van der Waals surface area contributed by atoms with Crippen molar-refractivity contribution in [3.63, 3.8) is 0 Å². The van der Waals surface area contributed by atoms with Crippen LogP contribution in [-0.4, -0.2) is 38.2 Å². The monoisotopic (exact) mass is 223 g/mol. The van der Waals surface area contributed by atoms with E-state index >= 15 is 0 Å². The molecule has 0 bridgehead atoms. The summed E-state index contributed by atoms with van der Waals surface area (Å²) in [5.74, 6) is -0.298. The molecule has 1 atom stereocenters. The van der Waals surface area contributed by atoms with Gasteiger partial charge in [-0.05, 0) is 13.0 Å². The molecular formula is C11H17N3O2. The number of aromatic nitrogens is 1. The van der Waals surface area contributed by atoms with Gasteiger partial charge in [-0.1, -0.05) is 0 Å². The quantitative estimate of drug-likeness (QED) is 0.775. The van der Waals surface area contributed by atoms with Crippen LogP contribution in [0.2, 0.25) is 0 Å². The number of rotatable bonds is 4. The van der Waals surface area contributed by atoms with Crippen molar-refractivity contribution in [3.8, 4) is 0 Å². The zero-order valence-electron chi connectivity index (χ0n) is 10.0. The first-order valence-electron chi connectivity index (χ1n) is 5.02. The number of anilines is 2. The summed E-state index contributed by atoms with van der Waals surface area (Å²) in [5, 5.41) is 3.06. The molecule has 5 nitrogen and oxygen atoms in total. The second-order valence-electron chi connectivity index (χ2n) is 3.68. The molecule has 0 spiro atoms. The van der Waals surface area contributed by atoms with E-state index in [-0.39, 0.29) is 5.97 Å². The van der Waals surface area contributed by atoms with Crippen LogP contribution < -0.4 is 10.2 Å². The lowest BCUT2D eigenvalue weighted by Gasteiger charge is -2.20. The third-order valence-corrected chi connectivity index (χ3v) is 2.21. The molecule has 1 aromatic heterocycles. The van der Waals surface area contributed by atoms with Crippen molar-refractivity contribution in [2.75, 3.05) is 31.4 Å². The van der Waals surface area contributed by atoms with Gasteiger partial charge in [0.05, 0.1) is 24.7 Å². The Morgan fingerprint density at radius 1 is 1.56 bits per heavy atom. The van der Waals surface area contributed by atoms with E-state index in [4.69, 9.17) is 0 Å². The van der Waals surface area contributed by atoms with E-state index in [2.05, 4.69) is 15.0 Å². The van der Waals surface area contributed by atoms with Gasteiger partial charge in [0.2, 0.25) is 0 Å². The summed E-state index contributed by atoms with van der Waals surface area (Å²) in [7, 11) is 5.24. The fraction of sp³-hybridized carbons (Fsp3) is 0.455. The maximum absolute atomic E-state index is 11.3. The molecule has 1 rings (SSSR count). The third kappa shape index (κ3) is 2.85. The van der Waals surface area contributed by atoms with Crippen LogP contribution in [0.15, 0.2) is 18.5 Å². The van der Waals surface area contributed by atoms with E-state index in [0.717, 1.165) is 11.4 Å². The van der Waals surface area contributed by atoms with E-state index < -0.39 is 6.04 Å². The summed E-state index contributed by atoms with van der Waals surface area (Å²) >= 11 is 0. The van der Waals surface area contributed by atoms with Crippen molar-refractivity contribution in [1.82, 2.24) is 4.98 Å². The van der Waals surface area contributed by atoms with Gasteiger partial charge in [-0.15, -0.1) is 0 Å². The molecule has 0 saturated carbocycles. The lowest BCUT2D eigenvalue weighted by molar-refractivity contribution is -0.141. The van der Waals surface area contributed by atoms with Crippen LogP contribution in [0.5, 0.6) is 0 Å². The Morgan fingerprint density at radius 2 is 2.25 bits per heavy atom. The molecule has 88 valence electrons. The van der Waals surface area contributed by atoms with Crippen molar-refractivity contribution < 1.29 is 9.53 Å². The Balaban J connectivity index is 2.84. The van der Waals surface area contributed by atoms with E-state index in [0.29, 0.717) is 0 Å². The summed E-state index contributed by atoms with van der Waals surface area (Å²) in [4.78, 5) is 17.3. The standard InChI is InChI=1S/C11H17N3O2/c1-8(11(15)16-4)13-9-7-12-6-5-10(9)14(2)3/h5-8,13H,1-4H3. The number of esters is 1. The number of pyridine rings is 1. The van der Waals surface area contributed by atoms with Crippen molar-refractivity contribution in [3.05, 3.63) is 18.5 Å². The van der Waals surface area contributed by atoms with Crippen molar-refractivity contribution in [2.45, 2.75) is 13.0 Å². The van der Waals surface area contributed by atoms with Crippen LogP contribution in [0, 0.1) is 0 Å². The van der Waals surface area contributed by atoms with Gasteiger partial charge in [0, 0.05) is 20.3 Å². The number of carbonyl (C=O) groups excluding carboxylic acids is 1. The number of nitrogens with one attached hydrogen (secondary N) is 1. The van der Waals surface area contributed by atoms with Crippen LogP contribution in [0.1, 0.15) is 6.92 Å². The van der Waals surface area contributed by atoms with Gasteiger partial charge in [-0.25, -0.2) is 4.79 Å². The molecular weight excluding hydrogens is 206 g/mol. The smallest absolute Gasteiger partial charge is 0.327 e. The second-order valence-corrected chi connectivity index (χ2v) is 3.68. The molecule has 5 heteroatoms. The molecule has 0 aliphatic heterocycles.